The summed E-state index contributed by atoms with van der Waals surface area (Å²) >= 11 is 0. The molecule has 0 aliphatic carbocycles. The number of primary amides is 1. The van der Waals surface area contributed by atoms with E-state index in [4.69, 9.17) is 5.73 Å². The number of nitrogens with zero attached hydrogens (tertiary/aromatic N) is 1. The van der Waals surface area contributed by atoms with Crippen molar-refractivity contribution in [2.45, 2.75) is 11.8 Å². The molecule has 0 heterocycles. The van der Waals surface area contributed by atoms with Gasteiger partial charge in [0.15, 0.2) is 0 Å². The summed E-state index contributed by atoms with van der Waals surface area (Å²) < 4.78 is 43.4. The SMILES string of the molecule is CCN(CC(N)=O)S(=O)(=O)c1cc(F)ccc1C(=O)OC. The third-order valence-electron chi connectivity index (χ3n) is 2.65. The highest BCUT2D eigenvalue weighted by molar-refractivity contribution is 7.89. The van der Waals surface area contributed by atoms with Crippen LogP contribution in [0.1, 0.15) is 17.3 Å². The van der Waals surface area contributed by atoms with Gasteiger partial charge in [-0.2, -0.15) is 4.31 Å². The Labute approximate surface area is 121 Å². The van der Waals surface area contributed by atoms with E-state index in [-0.39, 0.29) is 12.1 Å². The molecule has 0 aliphatic heterocycles. The largest absolute Gasteiger partial charge is 0.465 e. The number of amides is 1. The molecule has 7 nitrogen and oxygen atoms in total. The number of hydrogen-bond donors (Lipinski definition) is 1. The highest BCUT2D eigenvalue weighted by Gasteiger charge is 2.30. The molecule has 1 rings (SSSR count). The van der Waals surface area contributed by atoms with Crippen LogP contribution < -0.4 is 5.73 Å². The van der Waals surface area contributed by atoms with Crippen LogP contribution in [-0.2, 0) is 19.6 Å². The van der Waals surface area contributed by atoms with Crippen LogP contribution in [0.15, 0.2) is 23.1 Å². The molecule has 0 aliphatic rings. The Morgan fingerprint density at radius 2 is 2.00 bits per heavy atom. The number of rotatable bonds is 6. The van der Waals surface area contributed by atoms with E-state index in [9.17, 15) is 22.4 Å². The highest BCUT2D eigenvalue weighted by atomic mass is 32.2. The lowest BCUT2D eigenvalue weighted by atomic mass is 10.2. The maximum absolute atomic E-state index is 13.3. The zero-order valence-corrected chi connectivity index (χ0v) is 12.3. The fraction of sp³-hybridized carbons (Fsp3) is 0.333. The van der Waals surface area contributed by atoms with Crippen molar-refractivity contribution >= 4 is 21.9 Å². The molecule has 0 radical (unpaired) electrons. The third-order valence-corrected chi connectivity index (χ3v) is 4.61. The van der Waals surface area contributed by atoms with Gasteiger partial charge in [0.25, 0.3) is 0 Å². The van der Waals surface area contributed by atoms with Gasteiger partial charge in [0.05, 0.1) is 24.1 Å². The van der Waals surface area contributed by atoms with E-state index in [1.165, 1.54) is 6.92 Å². The van der Waals surface area contributed by atoms with Gasteiger partial charge in [0, 0.05) is 6.54 Å². The van der Waals surface area contributed by atoms with E-state index >= 15 is 0 Å². The Morgan fingerprint density at radius 3 is 2.48 bits per heavy atom. The van der Waals surface area contributed by atoms with Crippen molar-refractivity contribution in [1.29, 1.82) is 0 Å². The molecular formula is C12H15FN2O5S. The average Bonchev–Trinajstić information content (AvgIpc) is 2.43. The predicted octanol–water partition coefficient (Wildman–Crippen LogP) is 0.108. The number of nitrogens with two attached hydrogens (primary N) is 1. The summed E-state index contributed by atoms with van der Waals surface area (Å²) in [4.78, 5) is 22.0. The standard InChI is InChI=1S/C12H15FN2O5S/c1-3-15(7-11(14)16)21(18,19)10-6-8(13)4-5-9(10)12(17)20-2/h4-6H,3,7H2,1-2H3,(H2,14,16). The summed E-state index contributed by atoms with van der Waals surface area (Å²) in [5.74, 6) is -2.63. The Bertz CT molecular complexity index is 660. The molecule has 21 heavy (non-hydrogen) atoms. The van der Waals surface area contributed by atoms with E-state index in [1.54, 1.807) is 0 Å². The maximum atomic E-state index is 13.3. The molecule has 0 saturated carbocycles. The minimum Gasteiger partial charge on any atom is -0.465 e. The number of likely N-dealkylation sites (N-methyl/N-ethyl adjacent to an activating group) is 1. The van der Waals surface area contributed by atoms with E-state index in [1.807, 2.05) is 0 Å². The first kappa shape index (κ1) is 17.1. The van der Waals surface area contributed by atoms with E-state index < -0.39 is 39.2 Å². The smallest absolute Gasteiger partial charge is 0.339 e. The molecule has 0 spiro atoms. The van der Waals surface area contributed by atoms with Crippen molar-refractivity contribution in [3.05, 3.63) is 29.6 Å². The number of hydrogen-bond acceptors (Lipinski definition) is 5. The second kappa shape index (κ2) is 6.64. The van der Waals surface area contributed by atoms with Crippen LogP contribution >= 0.6 is 0 Å². The summed E-state index contributed by atoms with van der Waals surface area (Å²) in [5.41, 5.74) is 4.67. The van der Waals surface area contributed by atoms with Gasteiger partial charge in [0.1, 0.15) is 5.82 Å². The molecule has 1 aromatic rings. The zero-order valence-electron chi connectivity index (χ0n) is 11.5. The topological polar surface area (TPSA) is 107 Å². The van der Waals surface area contributed by atoms with Gasteiger partial charge in [-0.15, -0.1) is 0 Å². The molecule has 2 N–H and O–H groups in total. The van der Waals surface area contributed by atoms with E-state index in [0.717, 1.165) is 23.5 Å². The van der Waals surface area contributed by atoms with Crippen molar-refractivity contribution in [2.75, 3.05) is 20.2 Å². The normalized spacial score (nSPS) is 11.4. The molecule has 9 heteroatoms. The molecule has 1 aromatic carbocycles. The molecule has 116 valence electrons. The Balaban J connectivity index is 3.45. The average molecular weight is 318 g/mol. The number of methoxy groups -OCH3 is 1. The van der Waals surface area contributed by atoms with Gasteiger partial charge in [-0.25, -0.2) is 17.6 Å². The molecule has 0 unspecified atom stereocenters. The number of carbonyl (C=O) groups is 2. The summed E-state index contributed by atoms with van der Waals surface area (Å²) in [7, 11) is -3.19. The first-order valence-corrected chi connectivity index (χ1v) is 7.34. The lowest BCUT2D eigenvalue weighted by Crippen LogP contribution is -2.38. The Morgan fingerprint density at radius 1 is 1.38 bits per heavy atom. The Hall–Kier alpha value is -2.00. The summed E-state index contributed by atoms with van der Waals surface area (Å²) in [5, 5.41) is 0. The van der Waals surface area contributed by atoms with Crippen LogP contribution in [0, 0.1) is 5.82 Å². The molecule has 0 saturated heterocycles. The molecular weight excluding hydrogens is 303 g/mol. The van der Waals surface area contributed by atoms with Gasteiger partial charge in [-0.1, -0.05) is 6.92 Å². The third kappa shape index (κ3) is 3.76. The molecule has 0 fully saturated rings. The van der Waals surface area contributed by atoms with Gasteiger partial charge in [-0.3, -0.25) is 4.79 Å². The van der Waals surface area contributed by atoms with Crippen LogP contribution in [0.2, 0.25) is 0 Å². The number of carbonyl (C=O) groups excluding carboxylic acids is 2. The second-order valence-electron chi connectivity index (χ2n) is 4.03. The monoisotopic (exact) mass is 318 g/mol. The zero-order chi connectivity index (χ0) is 16.2. The first-order chi connectivity index (χ1) is 9.73. The lowest BCUT2D eigenvalue weighted by Gasteiger charge is -2.20. The first-order valence-electron chi connectivity index (χ1n) is 5.90. The van der Waals surface area contributed by atoms with Gasteiger partial charge < -0.3 is 10.5 Å². The molecule has 1 amide bonds. The second-order valence-corrected chi connectivity index (χ2v) is 5.94. The minimum absolute atomic E-state index is 0.0671. The fourth-order valence-corrected chi connectivity index (χ4v) is 3.27. The molecule has 0 atom stereocenters. The Kier molecular flexibility index (Phi) is 5.39. The van der Waals surface area contributed by atoms with Crippen molar-refractivity contribution in [3.63, 3.8) is 0 Å². The van der Waals surface area contributed by atoms with Crippen molar-refractivity contribution in [2.24, 2.45) is 5.73 Å². The predicted molar refractivity (Wildman–Crippen MR) is 71.4 cm³/mol. The van der Waals surface area contributed by atoms with Crippen LogP contribution in [0.3, 0.4) is 0 Å². The van der Waals surface area contributed by atoms with Crippen molar-refractivity contribution < 1.29 is 27.1 Å². The van der Waals surface area contributed by atoms with Crippen LogP contribution in [0.5, 0.6) is 0 Å². The number of benzene rings is 1. The number of sulfonamides is 1. The number of ether oxygens (including phenoxy) is 1. The quantitative estimate of drug-likeness (QED) is 0.749. The summed E-state index contributed by atoms with van der Waals surface area (Å²) in [6.07, 6.45) is 0. The van der Waals surface area contributed by atoms with Gasteiger partial charge in [0.2, 0.25) is 15.9 Å². The van der Waals surface area contributed by atoms with Crippen molar-refractivity contribution in [1.82, 2.24) is 4.31 Å². The lowest BCUT2D eigenvalue weighted by molar-refractivity contribution is -0.118. The van der Waals surface area contributed by atoms with Gasteiger partial charge >= 0.3 is 5.97 Å². The minimum atomic E-state index is -4.26. The fourth-order valence-electron chi connectivity index (χ4n) is 1.67. The number of esters is 1. The van der Waals surface area contributed by atoms with Crippen LogP contribution in [0.4, 0.5) is 4.39 Å². The number of halogens is 1. The van der Waals surface area contributed by atoms with Crippen LogP contribution in [-0.4, -0.2) is 44.8 Å². The molecule has 0 aromatic heterocycles. The van der Waals surface area contributed by atoms with Crippen molar-refractivity contribution in [3.8, 4) is 0 Å². The summed E-state index contributed by atoms with van der Waals surface area (Å²) in [6, 6.07) is 2.65. The maximum Gasteiger partial charge on any atom is 0.339 e. The molecule has 0 bridgehead atoms. The van der Waals surface area contributed by atoms with E-state index in [2.05, 4.69) is 4.74 Å². The van der Waals surface area contributed by atoms with Gasteiger partial charge in [-0.05, 0) is 18.2 Å². The van der Waals surface area contributed by atoms with E-state index in [0.29, 0.717) is 6.07 Å². The summed E-state index contributed by atoms with van der Waals surface area (Å²) in [6.45, 7) is 0.843. The highest BCUT2D eigenvalue weighted by Crippen LogP contribution is 2.22. The van der Waals surface area contributed by atoms with Crippen LogP contribution in [0.25, 0.3) is 0 Å².